The highest BCUT2D eigenvalue weighted by molar-refractivity contribution is 5.86. The summed E-state index contributed by atoms with van der Waals surface area (Å²) >= 11 is 0. The van der Waals surface area contributed by atoms with Gasteiger partial charge in [-0.3, -0.25) is 9.59 Å². The number of morpholine rings is 1. The summed E-state index contributed by atoms with van der Waals surface area (Å²) in [4.78, 5) is 27.0. The molecule has 25 heavy (non-hydrogen) atoms. The second kappa shape index (κ2) is 7.14. The Labute approximate surface area is 148 Å². The first kappa shape index (κ1) is 17.9. The van der Waals surface area contributed by atoms with Crippen LogP contribution in [0.15, 0.2) is 30.3 Å². The zero-order valence-corrected chi connectivity index (χ0v) is 15.0. The third kappa shape index (κ3) is 3.70. The summed E-state index contributed by atoms with van der Waals surface area (Å²) in [5.74, 6) is -0.271. The van der Waals surface area contributed by atoms with Gasteiger partial charge in [-0.05, 0) is 19.4 Å². The van der Waals surface area contributed by atoms with Gasteiger partial charge < -0.3 is 19.7 Å². The zero-order valence-electron chi connectivity index (χ0n) is 15.0. The van der Waals surface area contributed by atoms with Crippen molar-refractivity contribution < 1.29 is 19.1 Å². The van der Waals surface area contributed by atoms with Crippen molar-refractivity contribution in [2.24, 2.45) is 5.41 Å². The van der Waals surface area contributed by atoms with Gasteiger partial charge in [0, 0.05) is 18.0 Å². The van der Waals surface area contributed by atoms with Crippen molar-refractivity contribution in [3.63, 3.8) is 0 Å². The van der Waals surface area contributed by atoms with Gasteiger partial charge in [0.15, 0.2) is 6.10 Å². The summed E-state index contributed by atoms with van der Waals surface area (Å²) in [5, 5.41) is 2.99. The van der Waals surface area contributed by atoms with Crippen LogP contribution in [0.4, 0.5) is 0 Å². The molecule has 1 aromatic rings. The van der Waals surface area contributed by atoms with E-state index in [1.165, 1.54) is 0 Å². The predicted molar refractivity (Wildman–Crippen MR) is 92.8 cm³/mol. The van der Waals surface area contributed by atoms with E-state index in [9.17, 15) is 9.59 Å². The number of carbonyl (C=O) groups is 2. The van der Waals surface area contributed by atoms with Gasteiger partial charge in [0.05, 0.1) is 19.3 Å². The number of rotatable bonds is 5. The Morgan fingerprint density at radius 3 is 2.56 bits per heavy atom. The molecular formula is C19H26N2O4. The highest BCUT2D eigenvalue weighted by atomic mass is 16.5. The second-order valence-corrected chi connectivity index (χ2v) is 7.50. The lowest BCUT2D eigenvalue weighted by Gasteiger charge is -2.43. The van der Waals surface area contributed by atoms with Gasteiger partial charge in [-0.1, -0.05) is 37.3 Å². The molecule has 0 unspecified atom stereocenters. The van der Waals surface area contributed by atoms with Crippen LogP contribution in [0.3, 0.4) is 0 Å². The largest absolute Gasteiger partial charge is 0.380 e. The van der Waals surface area contributed by atoms with E-state index in [-0.39, 0.29) is 29.9 Å². The Hall–Kier alpha value is -1.92. The van der Waals surface area contributed by atoms with Crippen LogP contribution in [-0.2, 0) is 19.1 Å². The summed E-state index contributed by atoms with van der Waals surface area (Å²) in [6.07, 6.45) is -0.716. The van der Waals surface area contributed by atoms with Crippen molar-refractivity contribution in [3.8, 4) is 0 Å². The molecule has 2 aliphatic rings. The highest BCUT2D eigenvalue weighted by Gasteiger charge is 2.43. The molecule has 0 aliphatic carbocycles. The molecule has 6 heteroatoms. The van der Waals surface area contributed by atoms with Gasteiger partial charge in [-0.2, -0.15) is 0 Å². The van der Waals surface area contributed by atoms with Crippen LogP contribution in [-0.4, -0.2) is 55.2 Å². The maximum absolute atomic E-state index is 12.8. The third-order valence-corrected chi connectivity index (χ3v) is 4.81. The van der Waals surface area contributed by atoms with Crippen LogP contribution < -0.4 is 5.32 Å². The highest BCUT2D eigenvalue weighted by Crippen LogP contribution is 2.32. The van der Waals surface area contributed by atoms with E-state index in [0.717, 1.165) is 5.56 Å². The fourth-order valence-electron chi connectivity index (χ4n) is 3.40. The van der Waals surface area contributed by atoms with Crippen LogP contribution in [0.2, 0.25) is 0 Å². The predicted octanol–water partition coefficient (Wildman–Crippen LogP) is 1.52. The first-order chi connectivity index (χ1) is 11.9. The molecule has 136 valence electrons. The first-order valence-corrected chi connectivity index (χ1v) is 8.74. The van der Waals surface area contributed by atoms with E-state index in [1.54, 1.807) is 4.90 Å². The van der Waals surface area contributed by atoms with E-state index in [0.29, 0.717) is 19.8 Å². The van der Waals surface area contributed by atoms with E-state index >= 15 is 0 Å². The smallest absolute Gasteiger partial charge is 0.251 e. The van der Waals surface area contributed by atoms with Crippen LogP contribution in [0, 0.1) is 5.41 Å². The van der Waals surface area contributed by atoms with Gasteiger partial charge in [0.1, 0.15) is 6.61 Å². The molecule has 1 N–H and O–H groups in total. The lowest BCUT2D eigenvalue weighted by Crippen LogP contribution is -2.58. The summed E-state index contributed by atoms with van der Waals surface area (Å²) in [6.45, 7) is 7.77. The van der Waals surface area contributed by atoms with Crippen molar-refractivity contribution in [1.29, 1.82) is 0 Å². The Kier molecular flexibility index (Phi) is 5.11. The monoisotopic (exact) mass is 346 g/mol. The lowest BCUT2D eigenvalue weighted by molar-refractivity contribution is -0.168. The molecule has 0 saturated carbocycles. The van der Waals surface area contributed by atoms with Gasteiger partial charge in [0.2, 0.25) is 5.91 Å². The van der Waals surface area contributed by atoms with Crippen molar-refractivity contribution in [2.45, 2.75) is 39.0 Å². The minimum Gasteiger partial charge on any atom is -0.380 e. The van der Waals surface area contributed by atoms with Crippen LogP contribution in [0.1, 0.15) is 32.4 Å². The topological polar surface area (TPSA) is 67.9 Å². The molecule has 2 saturated heterocycles. The van der Waals surface area contributed by atoms with Crippen LogP contribution in [0.25, 0.3) is 0 Å². The number of ether oxygens (including phenoxy) is 2. The lowest BCUT2D eigenvalue weighted by atomic mass is 9.88. The number of amides is 2. The molecule has 2 heterocycles. The van der Waals surface area contributed by atoms with Crippen molar-refractivity contribution in [1.82, 2.24) is 10.2 Å². The molecule has 0 aromatic heterocycles. The Morgan fingerprint density at radius 1 is 1.32 bits per heavy atom. The minimum atomic E-state index is -0.716. The van der Waals surface area contributed by atoms with Gasteiger partial charge in [-0.15, -0.1) is 0 Å². The molecule has 2 fully saturated rings. The average molecular weight is 346 g/mol. The fourth-order valence-corrected chi connectivity index (χ4v) is 3.40. The molecule has 2 amide bonds. The van der Waals surface area contributed by atoms with Crippen molar-refractivity contribution in [2.75, 3.05) is 26.4 Å². The van der Waals surface area contributed by atoms with Crippen LogP contribution in [0.5, 0.6) is 0 Å². The molecule has 1 aromatic carbocycles. The Morgan fingerprint density at radius 2 is 2.00 bits per heavy atom. The number of carbonyl (C=O) groups excluding carboxylic acids is 2. The molecule has 0 radical (unpaired) electrons. The van der Waals surface area contributed by atoms with E-state index in [1.807, 2.05) is 44.2 Å². The summed E-state index contributed by atoms with van der Waals surface area (Å²) < 4.78 is 10.9. The molecule has 3 rings (SSSR count). The summed E-state index contributed by atoms with van der Waals surface area (Å²) in [6, 6.07) is 9.17. The summed E-state index contributed by atoms with van der Waals surface area (Å²) in [7, 11) is 0. The van der Waals surface area contributed by atoms with Gasteiger partial charge in [0.25, 0.3) is 5.91 Å². The number of hydrogen-bond donors (Lipinski definition) is 1. The SMILES string of the molecule is CC(C)N1C(=O)CO[C@H](C(=O)NCC2(C)COC2)[C@H]1c1ccccc1. The Balaban J connectivity index is 1.82. The zero-order chi connectivity index (χ0) is 18.0. The number of hydrogen-bond acceptors (Lipinski definition) is 4. The first-order valence-electron chi connectivity index (χ1n) is 8.74. The third-order valence-electron chi connectivity index (χ3n) is 4.81. The fraction of sp³-hybridized carbons (Fsp3) is 0.579. The van der Waals surface area contributed by atoms with Crippen molar-refractivity contribution in [3.05, 3.63) is 35.9 Å². The molecule has 2 atom stereocenters. The van der Waals surface area contributed by atoms with E-state index < -0.39 is 12.1 Å². The Bertz CT molecular complexity index is 628. The van der Waals surface area contributed by atoms with E-state index in [4.69, 9.17) is 9.47 Å². The van der Waals surface area contributed by atoms with Gasteiger partial charge in [-0.25, -0.2) is 0 Å². The van der Waals surface area contributed by atoms with E-state index in [2.05, 4.69) is 12.2 Å². The average Bonchev–Trinajstić information content (AvgIpc) is 2.58. The maximum atomic E-state index is 12.8. The minimum absolute atomic E-state index is 0.0138. The maximum Gasteiger partial charge on any atom is 0.251 e. The van der Waals surface area contributed by atoms with Gasteiger partial charge >= 0.3 is 0 Å². The number of nitrogens with zero attached hydrogens (tertiary/aromatic N) is 1. The number of nitrogens with one attached hydrogen (secondary N) is 1. The van der Waals surface area contributed by atoms with Crippen LogP contribution >= 0.6 is 0 Å². The van der Waals surface area contributed by atoms with Crippen molar-refractivity contribution >= 4 is 11.8 Å². The normalized spacial score (nSPS) is 25.6. The molecule has 2 aliphatic heterocycles. The molecule has 0 bridgehead atoms. The summed E-state index contributed by atoms with van der Waals surface area (Å²) in [5.41, 5.74) is 0.891. The standard InChI is InChI=1S/C19H26N2O4/c1-13(2)21-15(22)9-25-17(16(21)14-7-5-4-6-8-14)18(23)20-10-19(3)11-24-12-19/h4-8,13,16-17H,9-12H2,1-3H3,(H,20,23)/t16-,17+/m1/s1. The second-order valence-electron chi connectivity index (χ2n) is 7.50. The number of benzene rings is 1. The molecule has 0 spiro atoms. The molecule has 6 nitrogen and oxygen atoms in total. The quantitative estimate of drug-likeness (QED) is 0.878. The molecular weight excluding hydrogens is 320 g/mol.